The van der Waals surface area contributed by atoms with Crippen LogP contribution in [0.5, 0.6) is 0 Å². The number of ketones is 1. The first-order valence-corrected chi connectivity index (χ1v) is 15.6. The predicted molar refractivity (Wildman–Crippen MR) is 147 cm³/mol. The summed E-state index contributed by atoms with van der Waals surface area (Å²) in [6.07, 6.45) is -2.92. The van der Waals surface area contributed by atoms with Crippen LogP contribution in [0, 0.1) is 40.4 Å². The first-order valence-electron chi connectivity index (χ1n) is 15.6. The molecule has 0 amide bonds. The van der Waals surface area contributed by atoms with Gasteiger partial charge in [0.25, 0.3) is 0 Å². The van der Waals surface area contributed by atoms with Crippen LogP contribution >= 0.6 is 0 Å². The average molecular weight is 611 g/mol. The van der Waals surface area contributed by atoms with Gasteiger partial charge in [0.2, 0.25) is 0 Å². The number of Topliss-reactive ketones (excluding diaryl/α,β-unsaturated/α-hetero) is 1. The maximum absolute atomic E-state index is 13.7. The first kappa shape index (κ1) is 32.3. The van der Waals surface area contributed by atoms with E-state index >= 15 is 0 Å². The van der Waals surface area contributed by atoms with Crippen LogP contribution in [0.4, 0.5) is 0 Å². The third-order valence-corrected chi connectivity index (χ3v) is 11.8. The van der Waals surface area contributed by atoms with Gasteiger partial charge in [-0.3, -0.25) is 14.4 Å². The maximum Gasteiger partial charge on any atom is 0.335 e. The molecule has 1 aliphatic heterocycles. The zero-order chi connectivity index (χ0) is 31.4. The van der Waals surface area contributed by atoms with Crippen LogP contribution in [-0.4, -0.2) is 93.6 Å². The minimum Gasteiger partial charge on any atom is -0.479 e. The molecular formula is C31H46O12. The molecule has 4 aliphatic carbocycles. The Morgan fingerprint density at radius 1 is 0.860 bits per heavy atom. The van der Waals surface area contributed by atoms with Gasteiger partial charge in [0.1, 0.15) is 37.1 Å². The van der Waals surface area contributed by atoms with Gasteiger partial charge < -0.3 is 39.4 Å². The fourth-order valence-corrected chi connectivity index (χ4v) is 9.96. The Hall–Kier alpha value is -2.12. The summed E-state index contributed by atoms with van der Waals surface area (Å²) in [5.74, 6) is -1.83. The summed E-state index contributed by atoms with van der Waals surface area (Å²) in [6.45, 7) is 6.79. The van der Waals surface area contributed by atoms with E-state index in [0.29, 0.717) is 18.8 Å². The minimum atomic E-state index is -1.85. The van der Waals surface area contributed by atoms with E-state index in [1.54, 1.807) is 0 Å². The van der Waals surface area contributed by atoms with Gasteiger partial charge >= 0.3 is 17.9 Å². The van der Waals surface area contributed by atoms with Crippen molar-refractivity contribution in [3.63, 3.8) is 0 Å². The van der Waals surface area contributed by atoms with Gasteiger partial charge in [0.05, 0.1) is 0 Å². The molecule has 14 atom stereocenters. The SMILES string of the molecule is CC(=O)O[C@@H]1CC[C@@]2(C)[C@@H](CC[C@@H]3[C@@H]2[C@H](OC(C)=O)C[C@]2(C)[C@@H](C(=O)COC4O[C@H](C(=O)O)[C@@H](O)[C@H](O)[C@H]4O)CC[C@@H]32)C1. The molecule has 0 aromatic rings. The molecule has 1 unspecified atom stereocenters. The highest BCUT2D eigenvalue weighted by Crippen LogP contribution is 2.68. The zero-order valence-corrected chi connectivity index (χ0v) is 25.3. The number of hydrogen-bond acceptors (Lipinski definition) is 11. The van der Waals surface area contributed by atoms with Crippen LogP contribution in [0.2, 0.25) is 0 Å². The quantitative estimate of drug-likeness (QED) is 0.306. The van der Waals surface area contributed by atoms with Crippen molar-refractivity contribution in [2.75, 3.05) is 6.61 Å². The minimum absolute atomic E-state index is 0.0905. The summed E-state index contributed by atoms with van der Waals surface area (Å²) in [5.41, 5.74) is -0.558. The number of fused-ring (bicyclic) bond motifs is 5. The Morgan fingerprint density at radius 3 is 2.21 bits per heavy atom. The van der Waals surface area contributed by atoms with Crippen molar-refractivity contribution >= 4 is 23.7 Å². The standard InChI is InChI=1S/C31H46O12/c1-14(32)41-17-9-10-30(3)16(11-17)5-6-18-19-7-8-20(31(19,4)12-22(23(18)30)42-15(2)33)21(34)13-40-29-26(37)24(35)25(36)27(43-29)28(38)39/h16-20,22-27,29,35-37H,5-13H2,1-4H3,(H,38,39)/t16-,17+,18-,19-,20+,22+,23+,24-,25-,26+,27-,29?,30-,31-/m0/s1. The Bertz CT molecular complexity index is 1110. The largest absolute Gasteiger partial charge is 0.479 e. The molecule has 4 N–H and O–H groups in total. The van der Waals surface area contributed by atoms with Crippen LogP contribution in [0.25, 0.3) is 0 Å². The lowest BCUT2D eigenvalue weighted by atomic mass is 9.43. The molecule has 0 aromatic heterocycles. The molecule has 5 aliphatic rings. The molecular weight excluding hydrogens is 564 g/mol. The van der Waals surface area contributed by atoms with E-state index < -0.39 is 54.6 Å². The molecule has 0 bridgehead atoms. The number of carbonyl (C=O) groups is 4. The van der Waals surface area contributed by atoms with Crippen LogP contribution in [-0.2, 0) is 38.1 Å². The van der Waals surface area contributed by atoms with Gasteiger partial charge in [-0.05, 0) is 80.0 Å². The van der Waals surface area contributed by atoms with Crippen molar-refractivity contribution in [1.29, 1.82) is 0 Å². The van der Waals surface area contributed by atoms with Gasteiger partial charge in [0, 0.05) is 25.7 Å². The lowest BCUT2D eigenvalue weighted by molar-refractivity contribution is -0.292. The monoisotopic (exact) mass is 610 g/mol. The summed E-state index contributed by atoms with van der Waals surface area (Å²) in [5, 5.41) is 39.7. The number of aliphatic hydroxyl groups excluding tert-OH is 3. The molecule has 43 heavy (non-hydrogen) atoms. The van der Waals surface area contributed by atoms with E-state index in [-0.39, 0.29) is 53.1 Å². The first-order chi connectivity index (χ1) is 20.2. The Labute approximate surface area is 251 Å². The van der Waals surface area contributed by atoms with E-state index in [1.165, 1.54) is 13.8 Å². The van der Waals surface area contributed by atoms with E-state index in [9.17, 15) is 39.6 Å². The molecule has 12 heteroatoms. The summed E-state index contributed by atoms with van der Waals surface area (Å²) in [7, 11) is 0. The number of carbonyl (C=O) groups excluding carboxylic acids is 3. The number of carboxylic acid groups (broad SMARTS) is 1. The molecule has 4 saturated carbocycles. The lowest BCUT2D eigenvalue weighted by Gasteiger charge is -2.62. The third-order valence-electron chi connectivity index (χ3n) is 11.8. The van der Waals surface area contributed by atoms with E-state index in [4.69, 9.17) is 18.9 Å². The molecule has 12 nitrogen and oxygen atoms in total. The summed E-state index contributed by atoms with van der Waals surface area (Å²) >= 11 is 0. The predicted octanol–water partition coefficient (Wildman–Crippen LogP) is 1.60. The molecule has 0 radical (unpaired) electrons. The van der Waals surface area contributed by atoms with Crippen LogP contribution in [0.3, 0.4) is 0 Å². The molecule has 5 fully saturated rings. The van der Waals surface area contributed by atoms with Gasteiger partial charge in [-0.15, -0.1) is 0 Å². The number of esters is 2. The second kappa shape index (κ2) is 12.0. The second-order valence-corrected chi connectivity index (χ2v) is 14.1. The molecule has 1 saturated heterocycles. The van der Waals surface area contributed by atoms with Crippen molar-refractivity contribution in [1.82, 2.24) is 0 Å². The number of hydrogen-bond donors (Lipinski definition) is 4. The summed E-state index contributed by atoms with van der Waals surface area (Å²) in [6, 6.07) is 0. The number of ether oxygens (including phenoxy) is 4. The van der Waals surface area contributed by atoms with E-state index in [1.807, 2.05) is 0 Å². The van der Waals surface area contributed by atoms with Gasteiger partial charge in [-0.25, -0.2) is 4.79 Å². The van der Waals surface area contributed by atoms with Crippen molar-refractivity contribution in [3.8, 4) is 0 Å². The van der Waals surface area contributed by atoms with Gasteiger partial charge in [-0.2, -0.15) is 0 Å². The summed E-state index contributed by atoms with van der Waals surface area (Å²) < 4.78 is 22.4. The number of aliphatic carboxylic acids is 1. The second-order valence-electron chi connectivity index (χ2n) is 14.1. The molecule has 5 rings (SSSR count). The van der Waals surface area contributed by atoms with Crippen molar-refractivity contribution in [3.05, 3.63) is 0 Å². The highest BCUT2D eigenvalue weighted by atomic mass is 16.7. The topological polar surface area (TPSA) is 186 Å². The van der Waals surface area contributed by atoms with Crippen molar-refractivity contribution < 1.29 is 58.6 Å². The smallest absolute Gasteiger partial charge is 0.335 e. The van der Waals surface area contributed by atoms with E-state index in [2.05, 4.69) is 13.8 Å². The Balaban J connectivity index is 1.32. The zero-order valence-electron chi connectivity index (χ0n) is 25.3. The van der Waals surface area contributed by atoms with Gasteiger partial charge in [0.15, 0.2) is 18.2 Å². The normalized spacial score (nSPS) is 47.4. The van der Waals surface area contributed by atoms with Gasteiger partial charge in [-0.1, -0.05) is 13.8 Å². The Kier molecular flexibility index (Phi) is 9.01. The third kappa shape index (κ3) is 5.74. The lowest BCUT2D eigenvalue weighted by Crippen LogP contribution is -2.61. The maximum atomic E-state index is 13.7. The molecule has 0 aromatic carbocycles. The fraction of sp³-hybridized carbons (Fsp3) is 0.871. The number of carboxylic acids is 1. The number of aliphatic hydroxyl groups is 3. The molecule has 242 valence electrons. The van der Waals surface area contributed by atoms with Crippen LogP contribution in [0.1, 0.15) is 79.1 Å². The van der Waals surface area contributed by atoms with Crippen molar-refractivity contribution in [2.45, 2.75) is 122 Å². The van der Waals surface area contributed by atoms with Crippen LogP contribution < -0.4 is 0 Å². The molecule has 1 heterocycles. The fourth-order valence-electron chi connectivity index (χ4n) is 9.96. The Morgan fingerprint density at radius 2 is 1.56 bits per heavy atom. The number of rotatable bonds is 7. The van der Waals surface area contributed by atoms with E-state index in [0.717, 1.165) is 38.5 Å². The highest BCUT2D eigenvalue weighted by Gasteiger charge is 2.65. The highest BCUT2D eigenvalue weighted by molar-refractivity contribution is 5.83. The van der Waals surface area contributed by atoms with Crippen LogP contribution in [0.15, 0.2) is 0 Å². The van der Waals surface area contributed by atoms with Crippen molar-refractivity contribution in [2.24, 2.45) is 40.4 Å². The summed E-state index contributed by atoms with van der Waals surface area (Å²) in [4.78, 5) is 49.2. The average Bonchev–Trinajstić information content (AvgIpc) is 3.27. The molecule has 0 spiro atoms.